The standard InChI is InChI=1S/C37H34N2O7/c1-4-46-29-12-8-11-26(32(29)41)31-24-17-18-25-30(35(44)38(33(25)42)23-15-13-21(14-16-23)20(2)40)27(24)19-28-34(43)39(36(45)37(28,31)3)22-9-6-5-7-10-22/h5-17,25,27-28,30-31,41H,4,18-19H2,1-3H3. The third kappa shape index (κ3) is 4.10. The molecule has 2 saturated heterocycles. The van der Waals surface area contributed by atoms with Gasteiger partial charge in [-0.15, -0.1) is 0 Å². The van der Waals surface area contributed by atoms with E-state index in [1.807, 2.05) is 19.1 Å². The fourth-order valence-corrected chi connectivity index (χ4v) is 8.33. The van der Waals surface area contributed by atoms with Crippen LogP contribution in [0.25, 0.3) is 0 Å². The molecule has 0 bridgehead atoms. The number of fused-ring (bicyclic) bond motifs is 4. The summed E-state index contributed by atoms with van der Waals surface area (Å²) in [7, 11) is 0. The Morgan fingerprint density at radius 2 is 1.57 bits per heavy atom. The number of hydrogen-bond acceptors (Lipinski definition) is 7. The maximum Gasteiger partial charge on any atom is 0.241 e. The lowest BCUT2D eigenvalue weighted by molar-refractivity contribution is -0.131. The normalized spacial score (nSPS) is 28.5. The third-order valence-corrected chi connectivity index (χ3v) is 10.5. The van der Waals surface area contributed by atoms with Crippen LogP contribution in [0.1, 0.15) is 55.5 Å². The summed E-state index contributed by atoms with van der Waals surface area (Å²) >= 11 is 0. The number of hydrogen-bond donors (Lipinski definition) is 1. The number of Topliss-reactive ketones (excluding diaryl/α,β-unsaturated/α-hetero) is 1. The van der Waals surface area contributed by atoms with Crippen molar-refractivity contribution in [2.75, 3.05) is 16.4 Å². The molecule has 0 aromatic heterocycles. The minimum absolute atomic E-state index is 0.113. The zero-order chi connectivity index (χ0) is 32.5. The van der Waals surface area contributed by atoms with Gasteiger partial charge in [-0.1, -0.05) is 42.0 Å². The van der Waals surface area contributed by atoms with Gasteiger partial charge in [-0.3, -0.25) is 28.9 Å². The highest BCUT2D eigenvalue weighted by Gasteiger charge is 2.68. The Kier molecular flexibility index (Phi) is 6.95. The van der Waals surface area contributed by atoms with Crippen molar-refractivity contribution in [1.82, 2.24) is 0 Å². The maximum atomic E-state index is 14.5. The zero-order valence-electron chi connectivity index (χ0n) is 25.8. The largest absolute Gasteiger partial charge is 0.504 e. The van der Waals surface area contributed by atoms with E-state index in [1.165, 1.54) is 16.7 Å². The van der Waals surface area contributed by atoms with Crippen LogP contribution in [0, 0.1) is 29.1 Å². The van der Waals surface area contributed by atoms with Crippen LogP contribution in [0.4, 0.5) is 11.4 Å². The van der Waals surface area contributed by atoms with Gasteiger partial charge in [0.25, 0.3) is 0 Å². The highest BCUT2D eigenvalue weighted by Crippen LogP contribution is 2.64. The molecule has 9 nitrogen and oxygen atoms in total. The second-order valence-electron chi connectivity index (χ2n) is 12.7. The number of ketones is 1. The molecule has 2 aliphatic carbocycles. The highest BCUT2D eigenvalue weighted by atomic mass is 16.5. The Labute approximate surface area is 266 Å². The summed E-state index contributed by atoms with van der Waals surface area (Å²) in [6, 6.07) is 20.3. The van der Waals surface area contributed by atoms with Gasteiger partial charge in [0, 0.05) is 17.0 Å². The molecule has 6 atom stereocenters. The van der Waals surface area contributed by atoms with E-state index in [0.29, 0.717) is 29.1 Å². The summed E-state index contributed by atoms with van der Waals surface area (Å²) < 4.78 is 5.72. The van der Waals surface area contributed by atoms with Crippen molar-refractivity contribution in [2.24, 2.45) is 29.1 Å². The van der Waals surface area contributed by atoms with Gasteiger partial charge < -0.3 is 9.84 Å². The van der Waals surface area contributed by atoms with Crippen LogP contribution in [0.15, 0.2) is 84.4 Å². The summed E-state index contributed by atoms with van der Waals surface area (Å²) in [5.41, 5.74) is 1.25. The van der Waals surface area contributed by atoms with Crippen molar-refractivity contribution in [3.8, 4) is 11.5 Å². The lowest BCUT2D eigenvalue weighted by atomic mass is 9.51. The number of rotatable bonds is 6. The van der Waals surface area contributed by atoms with Gasteiger partial charge in [0.15, 0.2) is 17.3 Å². The molecule has 4 aliphatic rings. The number of phenols is 1. The maximum absolute atomic E-state index is 14.5. The molecule has 3 fully saturated rings. The first kappa shape index (κ1) is 29.6. The van der Waals surface area contributed by atoms with Crippen LogP contribution < -0.4 is 14.5 Å². The predicted molar refractivity (Wildman–Crippen MR) is 169 cm³/mol. The number of amides is 4. The Balaban J connectivity index is 1.36. The Hall–Kier alpha value is -5.05. The molecule has 4 amide bonds. The number of carbonyl (C=O) groups excluding carboxylic acids is 5. The Morgan fingerprint density at radius 3 is 2.24 bits per heavy atom. The number of allylic oxidation sites excluding steroid dienone is 2. The van der Waals surface area contributed by atoms with E-state index in [-0.39, 0.29) is 53.8 Å². The van der Waals surface area contributed by atoms with Crippen LogP contribution >= 0.6 is 0 Å². The van der Waals surface area contributed by atoms with Crippen molar-refractivity contribution in [3.63, 3.8) is 0 Å². The molecular formula is C37H34N2O7. The van der Waals surface area contributed by atoms with Gasteiger partial charge >= 0.3 is 0 Å². The molecule has 9 heteroatoms. The first-order chi connectivity index (χ1) is 22.1. The predicted octanol–water partition coefficient (Wildman–Crippen LogP) is 5.43. The lowest BCUT2D eigenvalue weighted by Crippen LogP contribution is -2.48. The molecular weight excluding hydrogens is 584 g/mol. The molecule has 0 radical (unpaired) electrons. The van der Waals surface area contributed by atoms with Crippen LogP contribution in [0.5, 0.6) is 11.5 Å². The quantitative estimate of drug-likeness (QED) is 0.222. The van der Waals surface area contributed by atoms with Crippen molar-refractivity contribution in [3.05, 3.63) is 95.6 Å². The lowest BCUT2D eigenvalue weighted by Gasteiger charge is -2.49. The number of anilines is 2. The second kappa shape index (κ2) is 10.8. The third-order valence-electron chi connectivity index (χ3n) is 10.5. The van der Waals surface area contributed by atoms with Crippen LogP contribution in [-0.2, 0) is 19.2 Å². The van der Waals surface area contributed by atoms with Crippen molar-refractivity contribution >= 4 is 40.8 Å². The minimum atomic E-state index is -1.28. The molecule has 3 aromatic carbocycles. The van der Waals surface area contributed by atoms with Gasteiger partial charge in [-0.05, 0) is 82.0 Å². The molecule has 1 saturated carbocycles. The number of benzene rings is 3. The van der Waals surface area contributed by atoms with Crippen LogP contribution in [0.2, 0.25) is 0 Å². The molecule has 2 aliphatic heterocycles. The van der Waals surface area contributed by atoms with E-state index < -0.39 is 35.0 Å². The summed E-state index contributed by atoms with van der Waals surface area (Å²) in [5, 5.41) is 11.6. The fraction of sp³-hybridized carbons (Fsp3) is 0.324. The van der Waals surface area contributed by atoms with Gasteiger partial charge in [0.05, 0.1) is 41.2 Å². The first-order valence-electron chi connectivity index (χ1n) is 15.7. The van der Waals surface area contributed by atoms with E-state index in [4.69, 9.17) is 4.74 Å². The van der Waals surface area contributed by atoms with Crippen molar-refractivity contribution in [1.29, 1.82) is 0 Å². The number of aromatic hydroxyl groups is 1. The Morgan fingerprint density at radius 1 is 0.870 bits per heavy atom. The van der Waals surface area contributed by atoms with E-state index in [0.717, 1.165) is 5.57 Å². The fourth-order valence-electron chi connectivity index (χ4n) is 8.33. The molecule has 7 rings (SSSR count). The highest BCUT2D eigenvalue weighted by molar-refractivity contribution is 6.25. The molecule has 1 N–H and O–H groups in total. The van der Waals surface area contributed by atoms with Gasteiger partial charge in [0.1, 0.15) is 0 Å². The average Bonchev–Trinajstić information content (AvgIpc) is 3.42. The van der Waals surface area contributed by atoms with E-state index in [1.54, 1.807) is 73.7 Å². The number of imide groups is 2. The number of nitrogens with zero attached hydrogens (tertiary/aromatic N) is 2. The minimum Gasteiger partial charge on any atom is -0.504 e. The second-order valence-corrected chi connectivity index (χ2v) is 12.7. The molecule has 234 valence electrons. The monoisotopic (exact) mass is 618 g/mol. The van der Waals surface area contributed by atoms with Gasteiger partial charge in [-0.2, -0.15) is 0 Å². The smallest absolute Gasteiger partial charge is 0.241 e. The van der Waals surface area contributed by atoms with E-state index in [2.05, 4.69) is 0 Å². The molecule has 6 unspecified atom stereocenters. The number of ether oxygens (including phenoxy) is 1. The summed E-state index contributed by atoms with van der Waals surface area (Å²) in [6.45, 7) is 5.36. The van der Waals surface area contributed by atoms with Crippen molar-refractivity contribution < 1.29 is 33.8 Å². The summed E-state index contributed by atoms with van der Waals surface area (Å²) in [5.74, 6) is -4.89. The Bertz CT molecular complexity index is 1830. The van der Waals surface area contributed by atoms with Crippen molar-refractivity contribution in [2.45, 2.75) is 39.5 Å². The van der Waals surface area contributed by atoms with Crippen LogP contribution in [0.3, 0.4) is 0 Å². The SMILES string of the molecule is CCOc1cccc(C2C3=CCC4C(=O)N(c5ccc(C(C)=O)cc5)C(=O)C4C3CC3C(=O)N(c4ccccc4)C(=O)C32C)c1O. The molecule has 46 heavy (non-hydrogen) atoms. The van der Waals surface area contributed by atoms with E-state index in [9.17, 15) is 29.1 Å². The first-order valence-corrected chi connectivity index (χ1v) is 15.7. The average molecular weight is 619 g/mol. The number of phenolic OH excluding ortho intramolecular Hbond substituents is 1. The molecule has 2 heterocycles. The summed E-state index contributed by atoms with van der Waals surface area (Å²) in [4.78, 5) is 71.2. The zero-order valence-corrected chi connectivity index (χ0v) is 25.8. The van der Waals surface area contributed by atoms with Gasteiger partial charge in [-0.25, -0.2) is 4.90 Å². The topological polar surface area (TPSA) is 121 Å². The number of para-hydroxylation sites is 2. The summed E-state index contributed by atoms with van der Waals surface area (Å²) in [6.07, 6.45) is 2.42. The van der Waals surface area contributed by atoms with Crippen LogP contribution in [-0.4, -0.2) is 41.1 Å². The van der Waals surface area contributed by atoms with Gasteiger partial charge in [0.2, 0.25) is 23.6 Å². The molecule has 0 spiro atoms. The molecule has 3 aromatic rings. The number of carbonyl (C=O) groups is 5. The van der Waals surface area contributed by atoms with E-state index >= 15 is 0 Å².